The molecule has 1 N–H and O–H groups in total. The molecule has 32 heavy (non-hydrogen) atoms. The third-order valence-corrected chi connectivity index (χ3v) is 4.67. The molecule has 1 unspecified atom stereocenters. The molecule has 0 rings (SSSR count). The van der Waals surface area contributed by atoms with Crippen molar-refractivity contribution >= 4 is 11.7 Å². The number of amides is 1. The standard InChI is InChI=1S/C29H45NO2/c1-5-6-7-8-9-10-11-12-13-14-15-16-17-18-19-20-21-22-23-24-29(32)30-28(27(4)31)25-26(2)3/h6-7,9-10,12-13,15-16,18-19,21-22,26,28H,5,8,11,14,17,20,23-25H2,1-4H3,(H,30,32)/b7-6-,10-9-,13-12-,16-15-,19-18-,22-21-. The Bertz CT molecular complexity index is 663. The van der Waals surface area contributed by atoms with Crippen LogP contribution in [0.15, 0.2) is 72.9 Å². The summed E-state index contributed by atoms with van der Waals surface area (Å²) in [5.41, 5.74) is 0. The predicted octanol–water partition coefficient (Wildman–Crippen LogP) is 7.58. The van der Waals surface area contributed by atoms with E-state index < -0.39 is 0 Å². The zero-order valence-corrected chi connectivity index (χ0v) is 20.8. The molecule has 0 bridgehead atoms. The average molecular weight is 440 g/mol. The molecule has 3 nitrogen and oxygen atoms in total. The van der Waals surface area contributed by atoms with Crippen LogP contribution in [-0.4, -0.2) is 17.7 Å². The van der Waals surface area contributed by atoms with E-state index in [1.54, 1.807) is 6.92 Å². The van der Waals surface area contributed by atoms with Gasteiger partial charge < -0.3 is 5.32 Å². The van der Waals surface area contributed by atoms with Crippen LogP contribution in [0.1, 0.15) is 85.5 Å². The molecule has 0 saturated carbocycles. The van der Waals surface area contributed by atoms with Crippen LogP contribution in [-0.2, 0) is 9.59 Å². The van der Waals surface area contributed by atoms with E-state index in [-0.39, 0.29) is 17.7 Å². The highest BCUT2D eigenvalue weighted by atomic mass is 16.2. The summed E-state index contributed by atoms with van der Waals surface area (Å²) in [6.07, 6.45) is 33.7. The second kappa shape index (κ2) is 21.8. The van der Waals surface area contributed by atoms with Crippen molar-refractivity contribution in [3.05, 3.63) is 72.9 Å². The van der Waals surface area contributed by atoms with Gasteiger partial charge in [0.15, 0.2) is 5.78 Å². The van der Waals surface area contributed by atoms with Crippen LogP contribution in [0.5, 0.6) is 0 Å². The number of carbonyl (C=O) groups excluding carboxylic acids is 2. The average Bonchev–Trinajstić information content (AvgIpc) is 2.74. The fraction of sp³-hybridized carbons (Fsp3) is 0.517. The minimum absolute atomic E-state index is 0.0287. The van der Waals surface area contributed by atoms with E-state index >= 15 is 0 Å². The maximum atomic E-state index is 12.0. The summed E-state index contributed by atoms with van der Waals surface area (Å²) in [7, 11) is 0. The Morgan fingerprint density at radius 1 is 0.688 bits per heavy atom. The molecule has 0 radical (unpaired) electrons. The van der Waals surface area contributed by atoms with Gasteiger partial charge in [-0.1, -0.05) is 93.7 Å². The number of ketones is 1. The van der Waals surface area contributed by atoms with Crippen LogP contribution in [0.25, 0.3) is 0 Å². The van der Waals surface area contributed by atoms with E-state index in [1.807, 2.05) is 6.08 Å². The number of nitrogens with one attached hydrogen (secondary N) is 1. The normalized spacial score (nSPS) is 13.8. The van der Waals surface area contributed by atoms with Gasteiger partial charge in [0, 0.05) is 6.42 Å². The van der Waals surface area contributed by atoms with Crippen LogP contribution in [0, 0.1) is 5.92 Å². The summed E-state index contributed by atoms with van der Waals surface area (Å²) in [6.45, 7) is 7.80. The number of Topliss-reactive ketones (excluding diaryl/α,β-unsaturated/α-hetero) is 1. The monoisotopic (exact) mass is 439 g/mol. The summed E-state index contributed by atoms with van der Waals surface area (Å²) >= 11 is 0. The molecule has 0 aliphatic heterocycles. The molecule has 0 aromatic heterocycles. The van der Waals surface area contributed by atoms with Crippen molar-refractivity contribution < 1.29 is 9.59 Å². The fourth-order valence-corrected chi connectivity index (χ4v) is 2.92. The Morgan fingerprint density at radius 2 is 1.09 bits per heavy atom. The van der Waals surface area contributed by atoms with Gasteiger partial charge >= 0.3 is 0 Å². The van der Waals surface area contributed by atoms with E-state index in [2.05, 4.69) is 92.9 Å². The minimum Gasteiger partial charge on any atom is -0.346 e. The molecular formula is C29H45NO2. The molecule has 178 valence electrons. The van der Waals surface area contributed by atoms with Crippen molar-refractivity contribution in [2.24, 2.45) is 5.92 Å². The lowest BCUT2D eigenvalue weighted by molar-refractivity contribution is -0.127. The Kier molecular flexibility index (Phi) is 20.1. The van der Waals surface area contributed by atoms with Gasteiger partial charge in [0.1, 0.15) is 0 Å². The van der Waals surface area contributed by atoms with Gasteiger partial charge in [-0.2, -0.15) is 0 Å². The molecule has 0 aliphatic carbocycles. The molecule has 3 heteroatoms. The number of allylic oxidation sites excluding steroid dienone is 12. The zero-order chi connectivity index (χ0) is 23.9. The first-order valence-electron chi connectivity index (χ1n) is 12.2. The lowest BCUT2D eigenvalue weighted by atomic mass is 10.0. The van der Waals surface area contributed by atoms with E-state index in [1.165, 1.54) is 0 Å². The molecule has 0 aromatic carbocycles. The Hall–Kier alpha value is -2.42. The molecule has 0 aliphatic rings. The molecule has 0 saturated heterocycles. The quantitative estimate of drug-likeness (QED) is 0.224. The lowest BCUT2D eigenvalue weighted by Gasteiger charge is -2.17. The van der Waals surface area contributed by atoms with Gasteiger partial charge in [0.05, 0.1) is 6.04 Å². The highest BCUT2D eigenvalue weighted by Gasteiger charge is 2.17. The first-order chi connectivity index (χ1) is 15.5. The van der Waals surface area contributed by atoms with Crippen molar-refractivity contribution in [1.29, 1.82) is 0 Å². The zero-order valence-electron chi connectivity index (χ0n) is 20.8. The highest BCUT2D eigenvalue weighted by molar-refractivity contribution is 5.87. The maximum absolute atomic E-state index is 12.0. The molecule has 0 heterocycles. The molecule has 0 fully saturated rings. The summed E-state index contributed by atoms with van der Waals surface area (Å²) < 4.78 is 0. The van der Waals surface area contributed by atoms with Crippen LogP contribution in [0.2, 0.25) is 0 Å². The molecular weight excluding hydrogens is 394 g/mol. The first kappa shape index (κ1) is 29.6. The van der Waals surface area contributed by atoms with Crippen molar-refractivity contribution in [1.82, 2.24) is 5.32 Å². The summed E-state index contributed by atoms with van der Waals surface area (Å²) in [5.74, 6) is 0.360. The van der Waals surface area contributed by atoms with Crippen molar-refractivity contribution in [2.45, 2.75) is 91.5 Å². The third kappa shape index (κ3) is 20.8. The third-order valence-electron chi connectivity index (χ3n) is 4.67. The van der Waals surface area contributed by atoms with Gasteiger partial charge in [-0.25, -0.2) is 0 Å². The predicted molar refractivity (Wildman–Crippen MR) is 140 cm³/mol. The van der Waals surface area contributed by atoms with Crippen LogP contribution >= 0.6 is 0 Å². The smallest absolute Gasteiger partial charge is 0.220 e. The Balaban J connectivity index is 3.79. The Morgan fingerprint density at radius 3 is 1.47 bits per heavy atom. The Labute approximate surface area is 197 Å². The second-order valence-electron chi connectivity index (χ2n) is 8.31. The maximum Gasteiger partial charge on any atom is 0.220 e. The first-order valence-corrected chi connectivity index (χ1v) is 12.2. The summed E-state index contributed by atoms with van der Waals surface area (Å²) in [4.78, 5) is 23.6. The largest absolute Gasteiger partial charge is 0.346 e. The van der Waals surface area contributed by atoms with Crippen molar-refractivity contribution in [3.8, 4) is 0 Å². The van der Waals surface area contributed by atoms with Crippen LogP contribution in [0.4, 0.5) is 0 Å². The molecule has 1 amide bonds. The molecule has 1 atom stereocenters. The van der Waals surface area contributed by atoms with Crippen LogP contribution in [0.3, 0.4) is 0 Å². The highest BCUT2D eigenvalue weighted by Crippen LogP contribution is 2.06. The van der Waals surface area contributed by atoms with Gasteiger partial charge in [0.2, 0.25) is 5.91 Å². The van der Waals surface area contributed by atoms with Gasteiger partial charge in [0.25, 0.3) is 0 Å². The van der Waals surface area contributed by atoms with E-state index in [4.69, 9.17) is 0 Å². The minimum atomic E-state index is -0.354. The van der Waals surface area contributed by atoms with Crippen LogP contribution < -0.4 is 5.32 Å². The van der Waals surface area contributed by atoms with Gasteiger partial charge in [-0.15, -0.1) is 0 Å². The topological polar surface area (TPSA) is 46.2 Å². The lowest BCUT2D eigenvalue weighted by Crippen LogP contribution is -2.40. The van der Waals surface area contributed by atoms with Gasteiger partial charge in [-0.3, -0.25) is 9.59 Å². The van der Waals surface area contributed by atoms with Crippen molar-refractivity contribution in [2.75, 3.05) is 0 Å². The number of rotatable bonds is 18. The number of carbonyl (C=O) groups is 2. The summed E-state index contributed by atoms with van der Waals surface area (Å²) in [5, 5.41) is 2.85. The van der Waals surface area contributed by atoms with Crippen molar-refractivity contribution in [3.63, 3.8) is 0 Å². The van der Waals surface area contributed by atoms with E-state index in [0.29, 0.717) is 25.2 Å². The van der Waals surface area contributed by atoms with Gasteiger partial charge in [-0.05, 0) is 64.2 Å². The van der Waals surface area contributed by atoms with E-state index in [9.17, 15) is 9.59 Å². The number of hydrogen-bond donors (Lipinski definition) is 1. The number of hydrogen-bond acceptors (Lipinski definition) is 2. The SMILES string of the molecule is CC/C=C\C/C=C\C/C=C\C/C=C\C/C=C\C/C=C\CCC(=O)NC(CC(C)C)C(C)=O. The fourth-order valence-electron chi connectivity index (χ4n) is 2.92. The molecule has 0 spiro atoms. The summed E-state index contributed by atoms with van der Waals surface area (Å²) in [6, 6.07) is -0.354. The second-order valence-corrected chi connectivity index (χ2v) is 8.31. The van der Waals surface area contributed by atoms with E-state index in [0.717, 1.165) is 38.5 Å². The molecule has 0 aromatic rings.